The molecule has 6 heteroatoms. The van der Waals surface area contributed by atoms with Crippen LogP contribution >= 0.6 is 0 Å². The fourth-order valence-corrected chi connectivity index (χ4v) is 5.92. The fourth-order valence-electron chi connectivity index (χ4n) is 5.92. The predicted molar refractivity (Wildman–Crippen MR) is 82.6 cm³/mol. The van der Waals surface area contributed by atoms with E-state index in [1.54, 1.807) is 27.7 Å². The minimum Gasteiger partial charge on any atom is -0.396 e. The molecule has 0 aromatic carbocycles. The van der Waals surface area contributed by atoms with E-state index in [0.29, 0.717) is 6.42 Å². The Bertz CT molecular complexity index is 519. The SMILES string of the molecule is CC1C[C@H]2O[C@@]3(C)[C@](C)(O)[C@](C)(C[C@@]3(C)O)[C@@]2(CO)[C@H](O)[C@@H]1O. The third-order valence-corrected chi connectivity index (χ3v) is 7.99. The summed E-state index contributed by atoms with van der Waals surface area (Å²) in [6, 6.07) is 0. The van der Waals surface area contributed by atoms with Gasteiger partial charge in [-0.3, -0.25) is 0 Å². The van der Waals surface area contributed by atoms with Crippen LogP contribution < -0.4 is 0 Å². The second kappa shape index (κ2) is 4.48. The van der Waals surface area contributed by atoms with Gasteiger partial charge in [0.15, 0.2) is 0 Å². The van der Waals surface area contributed by atoms with E-state index in [1.807, 2.05) is 6.92 Å². The van der Waals surface area contributed by atoms with Crippen molar-refractivity contribution in [3.63, 3.8) is 0 Å². The minimum absolute atomic E-state index is 0.165. The zero-order chi connectivity index (χ0) is 17.6. The molecule has 5 N–H and O–H groups in total. The normalized spacial score (nSPS) is 65.5. The smallest absolute Gasteiger partial charge is 0.123 e. The van der Waals surface area contributed by atoms with Gasteiger partial charge in [-0.15, -0.1) is 0 Å². The maximum Gasteiger partial charge on any atom is 0.123 e. The van der Waals surface area contributed by atoms with Gasteiger partial charge in [-0.1, -0.05) is 13.8 Å². The summed E-state index contributed by atoms with van der Waals surface area (Å²) in [5.41, 5.74) is -6.28. The van der Waals surface area contributed by atoms with Crippen molar-refractivity contribution in [2.45, 2.75) is 82.6 Å². The predicted octanol–water partition coefficient (Wildman–Crippen LogP) is -0.204. The van der Waals surface area contributed by atoms with Crippen LogP contribution in [0.4, 0.5) is 0 Å². The van der Waals surface area contributed by atoms with Crippen molar-refractivity contribution in [1.29, 1.82) is 0 Å². The van der Waals surface area contributed by atoms with Crippen molar-refractivity contribution in [3.05, 3.63) is 0 Å². The van der Waals surface area contributed by atoms with Gasteiger partial charge in [0.25, 0.3) is 0 Å². The third kappa shape index (κ3) is 1.56. The molecular weight excluding hydrogens is 300 g/mol. The summed E-state index contributed by atoms with van der Waals surface area (Å²) in [6.45, 7) is 8.10. The van der Waals surface area contributed by atoms with E-state index in [4.69, 9.17) is 4.74 Å². The summed E-state index contributed by atoms with van der Waals surface area (Å²) >= 11 is 0. The summed E-state index contributed by atoms with van der Waals surface area (Å²) in [6.07, 6.45) is -2.18. The molecule has 3 aliphatic rings. The van der Waals surface area contributed by atoms with E-state index in [1.165, 1.54) is 0 Å². The van der Waals surface area contributed by atoms with E-state index in [0.717, 1.165) is 0 Å². The first kappa shape index (κ1) is 17.6. The Hall–Kier alpha value is -0.240. The number of aliphatic hydroxyl groups excluding tert-OH is 3. The molecule has 1 aliphatic heterocycles. The van der Waals surface area contributed by atoms with E-state index < -0.39 is 52.6 Å². The number of hydrogen-bond donors (Lipinski definition) is 5. The topological polar surface area (TPSA) is 110 Å². The molecule has 3 rings (SSSR count). The Morgan fingerprint density at radius 2 is 1.65 bits per heavy atom. The molecule has 134 valence electrons. The highest BCUT2D eigenvalue weighted by molar-refractivity contribution is 5.32. The van der Waals surface area contributed by atoms with Crippen molar-refractivity contribution >= 4 is 0 Å². The summed E-state index contributed by atoms with van der Waals surface area (Å²) in [5, 5.41) is 53.9. The van der Waals surface area contributed by atoms with Crippen molar-refractivity contribution in [2.24, 2.45) is 16.7 Å². The van der Waals surface area contributed by atoms with Gasteiger partial charge in [0, 0.05) is 5.41 Å². The minimum atomic E-state index is -1.48. The first-order chi connectivity index (χ1) is 10.3. The van der Waals surface area contributed by atoms with E-state index in [9.17, 15) is 25.5 Å². The lowest BCUT2D eigenvalue weighted by atomic mass is 9.47. The van der Waals surface area contributed by atoms with Crippen LogP contribution in [-0.4, -0.2) is 67.3 Å². The van der Waals surface area contributed by atoms with Crippen LogP contribution in [0.1, 0.15) is 47.5 Å². The maximum atomic E-state index is 11.3. The largest absolute Gasteiger partial charge is 0.396 e. The van der Waals surface area contributed by atoms with E-state index in [2.05, 4.69) is 0 Å². The summed E-state index contributed by atoms with van der Waals surface area (Å²) in [7, 11) is 0. The molecule has 0 aromatic rings. The molecule has 0 radical (unpaired) electrons. The Kier molecular flexibility index (Phi) is 3.42. The van der Waals surface area contributed by atoms with Crippen LogP contribution in [0.15, 0.2) is 0 Å². The molecule has 2 bridgehead atoms. The highest BCUT2D eigenvalue weighted by atomic mass is 16.6. The average Bonchev–Trinajstić information content (AvgIpc) is 2.50. The monoisotopic (exact) mass is 330 g/mol. The van der Waals surface area contributed by atoms with Crippen molar-refractivity contribution < 1.29 is 30.3 Å². The van der Waals surface area contributed by atoms with Crippen molar-refractivity contribution in [3.8, 4) is 0 Å². The molecule has 0 amide bonds. The van der Waals surface area contributed by atoms with E-state index in [-0.39, 0.29) is 12.3 Å². The number of aliphatic hydroxyl groups is 5. The molecule has 1 heterocycles. The van der Waals surface area contributed by atoms with Crippen LogP contribution in [0.3, 0.4) is 0 Å². The molecule has 2 saturated carbocycles. The molecule has 1 unspecified atom stereocenters. The van der Waals surface area contributed by atoms with Gasteiger partial charge in [0.2, 0.25) is 0 Å². The second-order valence-corrected chi connectivity index (χ2v) is 8.84. The molecular formula is C17H30O6. The third-order valence-electron chi connectivity index (χ3n) is 7.99. The average molecular weight is 330 g/mol. The van der Waals surface area contributed by atoms with Gasteiger partial charge in [-0.2, -0.15) is 0 Å². The summed E-state index contributed by atoms with van der Waals surface area (Å²) in [5.74, 6) is -0.200. The van der Waals surface area contributed by atoms with Gasteiger partial charge < -0.3 is 30.3 Å². The first-order valence-corrected chi connectivity index (χ1v) is 8.42. The van der Waals surface area contributed by atoms with Gasteiger partial charge in [-0.25, -0.2) is 0 Å². The lowest BCUT2D eigenvalue weighted by Crippen LogP contribution is -2.78. The van der Waals surface area contributed by atoms with Gasteiger partial charge >= 0.3 is 0 Å². The van der Waals surface area contributed by atoms with Crippen molar-refractivity contribution in [2.75, 3.05) is 6.61 Å². The molecule has 1 saturated heterocycles. The fraction of sp³-hybridized carbons (Fsp3) is 1.00. The van der Waals surface area contributed by atoms with Gasteiger partial charge in [0.05, 0.1) is 41.5 Å². The zero-order valence-corrected chi connectivity index (χ0v) is 14.6. The summed E-state index contributed by atoms with van der Waals surface area (Å²) < 4.78 is 6.22. The Balaban J connectivity index is 2.26. The molecule has 3 fully saturated rings. The van der Waals surface area contributed by atoms with Crippen LogP contribution in [0.25, 0.3) is 0 Å². The Morgan fingerprint density at radius 1 is 1.09 bits per heavy atom. The molecule has 23 heavy (non-hydrogen) atoms. The highest BCUT2D eigenvalue weighted by Gasteiger charge is 2.83. The summed E-state index contributed by atoms with van der Waals surface area (Å²) in [4.78, 5) is 0. The number of hydrogen-bond acceptors (Lipinski definition) is 6. The second-order valence-electron chi connectivity index (χ2n) is 8.84. The lowest BCUT2D eigenvalue weighted by Gasteiger charge is -2.66. The van der Waals surface area contributed by atoms with Crippen LogP contribution in [-0.2, 0) is 4.74 Å². The molecule has 6 nitrogen and oxygen atoms in total. The standard InChI is InChI=1S/C17H30O6/c1-9-6-10-17(8-18,12(20)11(9)19)13(2)7-14(3,21)16(5,23-10)15(13,4)22/h9-12,18-22H,6-8H2,1-5H3/t9?,10-,11-,12-,13+,14-,15-,16-,17-/m1/s1. The van der Waals surface area contributed by atoms with Crippen LogP contribution in [0, 0.1) is 16.7 Å². The zero-order valence-electron chi connectivity index (χ0n) is 14.6. The molecule has 0 aromatic heterocycles. The van der Waals surface area contributed by atoms with Gasteiger partial charge in [0.1, 0.15) is 5.60 Å². The van der Waals surface area contributed by atoms with Crippen molar-refractivity contribution in [1.82, 2.24) is 0 Å². The van der Waals surface area contributed by atoms with E-state index >= 15 is 0 Å². The van der Waals surface area contributed by atoms with Crippen LogP contribution in [0.2, 0.25) is 0 Å². The van der Waals surface area contributed by atoms with Crippen LogP contribution in [0.5, 0.6) is 0 Å². The highest BCUT2D eigenvalue weighted by Crippen LogP contribution is 2.72. The number of ether oxygens (including phenoxy) is 1. The van der Waals surface area contributed by atoms with Gasteiger partial charge in [-0.05, 0) is 39.5 Å². The maximum absolute atomic E-state index is 11.3. The number of fused-ring (bicyclic) bond motifs is 4. The first-order valence-electron chi connectivity index (χ1n) is 8.42. The molecule has 0 spiro atoms. The molecule has 2 aliphatic carbocycles. The quantitative estimate of drug-likeness (QED) is 0.455. The number of rotatable bonds is 1. The Labute approximate surface area is 137 Å². The lowest BCUT2D eigenvalue weighted by molar-refractivity contribution is -0.365. The molecule has 9 atom stereocenters. The Morgan fingerprint density at radius 3 is 2.17 bits per heavy atom.